The van der Waals surface area contributed by atoms with Crippen LogP contribution in [-0.4, -0.2) is 48.6 Å². The zero-order valence-electron chi connectivity index (χ0n) is 19.5. The van der Waals surface area contributed by atoms with Gasteiger partial charge in [-0.05, 0) is 55.5 Å². The van der Waals surface area contributed by atoms with Gasteiger partial charge in [-0.3, -0.25) is 14.3 Å². The van der Waals surface area contributed by atoms with Crippen molar-refractivity contribution in [1.29, 1.82) is 0 Å². The van der Waals surface area contributed by atoms with Crippen molar-refractivity contribution in [3.8, 4) is 17.1 Å². The van der Waals surface area contributed by atoms with Crippen molar-refractivity contribution in [2.24, 2.45) is 5.92 Å². The molecule has 0 N–H and O–H groups in total. The Morgan fingerprint density at radius 2 is 2.06 bits per heavy atom. The van der Waals surface area contributed by atoms with Crippen LogP contribution in [-0.2, 0) is 5.75 Å². The summed E-state index contributed by atoms with van der Waals surface area (Å²) >= 11 is 9.38. The lowest BCUT2D eigenvalue weighted by atomic mass is 9.99. The first-order valence-corrected chi connectivity index (χ1v) is 13.7. The standard InChI is InChI=1S/C25H25ClN6OS2/c1-16-7-10-31(11-8-16)24(33)20-14-34-22(28-20)15-35-25-30-29-23(18-4-3-9-27-13-18)32(25)21-12-19(26)6-5-17(21)2/h3-6,9,12-14,16H,7-8,10-11,15H2,1-2H3. The van der Waals surface area contributed by atoms with E-state index in [-0.39, 0.29) is 5.91 Å². The summed E-state index contributed by atoms with van der Waals surface area (Å²) < 4.78 is 2.01. The third kappa shape index (κ3) is 5.27. The number of thiazole rings is 1. The molecular formula is C25H25ClN6OS2. The zero-order valence-corrected chi connectivity index (χ0v) is 21.9. The van der Waals surface area contributed by atoms with Gasteiger partial charge in [-0.25, -0.2) is 4.98 Å². The van der Waals surface area contributed by atoms with Crippen LogP contribution in [0.5, 0.6) is 0 Å². The number of rotatable bonds is 6. The normalized spacial score (nSPS) is 14.4. The molecule has 3 aromatic heterocycles. The molecule has 1 aliphatic heterocycles. The summed E-state index contributed by atoms with van der Waals surface area (Å²) in [6.45, 7) is 5.89. The highest BCUT2D eigenvalue weighted by Crippen LogP contribution is 2.32. The number of nitrogens with zero attached hydrogens (tertiary/aromatic N) is 6. The van der Waals surface area contributed by atoms with Gasteiger partial charge in [-0.15, -0.1) is 21.5 Å². The van der Waals surface area contributed by atoms with Crippen LogP contribution >= 0.6 is 34.7 Å². The molecule has 180 valence electrons. The summed E-state index contributed by atoms with van der Waals surface area (Å²) in [5, 5.41) is 13.1. The van der Waals surface area contributed by atoms with Gasteiger partial charge in [0.05, 0.1) is 11.4 Å². The van der Waals surface area contributed by atoms with E-state index >= 15 is 0 Å². The van der Waals surface area contributed by atoms with E-state index in [4.69, 9.17) is 11.6 Å². The lowest BCUT2D eigenvalue weighted by molar-refractivity contribution is 0.0692. The molecule has 0 unspecified atom stereocenters. The Morgan fingerprint density at radius 3 is 2.83 bits per heavy atom. The Balaban J connectivity index is 1.39. The number of hydrogen-bond acceptors (Lipinski definition) is 7. The highest BCUT2D eigenvalue weighted by atomic mass is 35.5. The monoisotopic (exact) mass is 524 g/mol. The fraction of sp³-hybridized carbons (Fsp3) is 0.320. The molecule has 4 heterocycles. The zero-order chi connectivity index (χ0) is 24.4. The predicted molar refractivity (Wildman–Crippen MR) is 140 cm³/mol. The molecule has 7 nitrogen and oxygen atoms in total. The summed E-state index contributed by atoms with van der Waals surface area (Å²) in [6.07, 6.45) is 5.61. The average Bonchev–Trinajstić information content (AvgIpc) is 3.52. The highest BCUT2D eigenvalue weighted by Gasteiger charge is 2.24. The molecule has 0 aliphatic carbocycles. The molecule has 1 fully saturated rings. The first kappa shape index (κ1) is 24.0. The minimum absolute atomic E-state index is 0.0287. The number of thioether (sulfide) groups is 1. The average molecular weight is 525 g/mol. The molecule has 1 amide bonds. The fourth-order valence-electron chi connectivity index (χ4n) is 4.06. The van der Waals surface area contributed by atoms with Gasteiger partial charge in [0.25, 0.3) is 5.91 Å². The van der Waals surface area contributed by atoms with Gasteiger partial charge in [0.15, 0.2) is 11.0 Å². The summed E-state index contributed by atoms with van der Waals surface area (Å²) in [4.78, 5) is 23.7. The number of halogens is 1. The second kappa shape index (κ2) is 10.5. The van der Waals surface area contributed by atoms with E-state index < -0.39 is 0 Å². The maximum atomic E-state index is 12.9. The van der Waals surface area contributed by atoms with Crippen LogP contribution in [0, 0.1) is 12.8 Å². The Kier molecular flexibility index (Phi) is 7.17. The number of piperidine rings is 1. The summed E-state index contributed by atoms with van der Waals surface area (Å²) in [5.74, 6) is 1.99. The Hall–Kier alpha value is -2.75. The number of carbonyl (C=O) groups is 1. The van der Waals surface area contributed by atoms with Crippen LogP contribution in [0.3, 0.4) is 0 Å². The topological polar surface area (TPSA) is 76.8 Å². The molecule has 0 saturated carbocycles. The first-order chi connectivity index (χ1) is 17.0. The third-order valence-electron chi connectivity index (χ3n) is 6.13. The molecular weight excluding hydrogens is 500 g/mol. The van der Waals surface area contributed by atoms with E-state index in [0.29, 0.717) is 28.2 Å². The lowest BCUT2D eigenvalue weighted by Gasteiger charge is -2.29. The van der Waals surface area contributed by atoms with Crippen LogP contribution in [0.15, 0.2) is 53.3 Å². The van der Waals surface area contributed by atoms with E-state index in [9.17, 15) is 4.79 Å². The van der Waals surface area contributed by atoms with E-state index in [0.717, 1.165) is 52.9 Å². The second-order valence-corrected chi connectivity index (χ2v) is 11.0. The molecule has 0 spiro atoms. The fourth-order valence-corrected chi connectivity index (χ4v) is 5.96. The van der Waals surface area contributed by atoms with Crippen LogP contribution < -0.4 is 0 Å². The number of likely N-dealkylation sites (tertiary alicyclic amines) is 1. The Bertz CT molecular complexity index is 1330. The summed E-state index contributed by atoms with van der Waals surface area (Å²) in [7, 11) is 0. The van der Waals surface area contributed by atoms with Crippen LogP contribution in [0.1, 0.15) is 40.8 Å². The molecule has 10 heteroatoms. The van der Waals surface area contributed by atoms with Crippen molar-refractivity contribution in [1.82, 2.24) is 29.6 Å². The van der Waals surface area contributed by atoms with E-state index in [1.54, 1.807) is 12.4 Å². The van der Waals surface area contributed by atoms with Crippen LogP contribution in [0.4, 0.5) is 0 Å². The quantitative estimate of drug-likeness (QED) is 0.292. The van der Waals surface area contributed by atoms with Crippen molar-refractivity contribution in [3.05, 3.63) is 69.4 Å². The molecule has 4 aromatic rings. The van der Waals surface area contributed by atoms with Gasteiger partial charge < -0.3 is 4.90 Å². The van der Waals surface area contributed by atoms with Gasteiger partial charge in [0, 0.05) is 41.4 Å². The first-order valence-electron chi connectivity index (χ1n) is 11.5. The second-order valence-electron chi connectivity index (χ2n) is 8.70. The molecule has 1 saturated heterocycles. The van der Waals surface area contributed by atoms with Gasteiger partial charge in [0.1, 0.15) is 10.7 Å². The SMILES string of the molecule is Cc1ccc(Cl)cc1-n1c(SCc2nc(C(=O)N3CCC(C)CC3)cs2)nnc1-c1cccnc1. The lowest BCUT2D eigenvalue weighted by Crippen LogP contribution is -2.38. The molecule has 0 atom stereocenters. The van der Waals surface area contributed by atoms with Crippen molar-refractivity contribution in [2.45, 2.75) is 37.6 Å². The minimum Gasteiger partial charge on any atom is -0.337 e. The number of aryl methyl sites for hydroxylation is 1. The van der Waals surface area contributed by atoms with Crippen LogP contribution in [0.2, 0.25) is 5.02 Å². The smallest absolute Gasteiger partial charge is 0.273 e. The van der Waals surface area contributed by atoms with Crippen LogP contribution in [0.25, 0.3) is 17.1 Å². The maximum Gasteiger partial charge on any atom is 0.273 e. The molecule has 5 rings (SSSR count). The number of hydrogen-bond donors (Lipinski definition) is 0. The molecule has 1 aromatic carbocycles. The van der Waals surface area contributed by atoms with E-state index in [1.165, 1.54) is 23.1 Å². The van der Waals surface area contributed by atoms with E-state index in [2.05, 4.69) is 27.1 Å². The molecule has 0 bridgehead atoms. The number of benzene rings is 1. The van der Waals surface area contributed by atoms with Gasteiger partial charge in [-0.1, -0.05) is 36.4 Å². The van der Waals surface area contributed by atoms with Crippen molar-refractivity contribution < 1.29 is 4.79 Å². The Labute approximate surface area is 217 Å². The van der Waals surface area contributed by atoms with Gasteiger partial charge >= 0.3 is 0 Å². The summed E-state index contributed by atoms with van der Waals surface area (Å²) in [5.41, 5.74) is 3.37. The predicted octanol–water partition coefficient (Wildman–Crippen LogP) is 5.91. The largest absolute Gasteiger partial charge is 0.337 e. The number of carbonyl (C=O) groups excluding carboxylic acids is 1. The van der Waals surface area contributed by atoms with Gasteiger partial charge in [0.2, 0.25) is 0 Å². The van der Waals surface area contributed by atoms with Crippen molar-refractivity contribution >= 4 is 40.6 Å². The maximum absolute atomic E-state index is 12.9. The van der Waals surface area contributed by atoms with Crippen molar-refractivity contribution in [3.63, 3.8) is 0 Å². The third-order valence-corrected chi connectivity index (χ3v) is 8.34. The van der Waals surface area contributed by atoms with Gasteiger partial charge in [-0.2, -0.15) is 0 Å². The molecule has 35 heavy (non-hydrogen) atoms. The van der Waals surface area contributed by atoms with Crippen molar-refractivity contribution in [2.75, 3.05) is 13.1 Å². The molecule has 0 radical (unpaired) electrons. The minimum atomic E-state index is 0.0287. The Morgan fingerprint density at radius 1 is 1.23 bits per heavy atom. The number of pyridine rings is 1. The van der Waals surface area contributed by atoms with E-state index in [1.807, 2.05) is 52.1 Å². The molecule has 1 aliphatic rings. The number of aromatic nitrogens is 5. The summed E-state index contributed by atoms with van der Waals surface area (Å²) in [6, 6.07) is 9.62. The highest BCUT2D eigenvalue weighted by molar-refractivity contribution is 7.98. The number of amides is 1.